The van der Waals surface area contributed by atoms with Gasteiger partial charge in [0.2, 0.25) is 0 Å². The fourth-order valence-corrected chi connectivity index (χ4v) is 0.718. The molecule has 0 saturated heterocycles. The Labute approximate surface area is 64.3 Å². The highest BCUT2D eigenvalue weighted by atomic mass is 14.6. The van der Waals surface area contributed by atoms with Crippen LogP contribution in [0.3, 0.4) is 0 Å². The second-order valence-electron chi connectivity index (χ2n) is 3.08. The highest BCUT2D eigenvalue weighted by Crippen LogP contribution is 2.07. The summed E-state index contributed by atoms with van der Waals surface area (Å²) in [6.45, 7) is 8.52. The van der Waals surface area contributed by atoms with Gasteiger partial charge >= 0.3 is 0 Å². The molecule has 0 rings (SSSR count). The Balaban J connectivity index is 3.89. The minimum Gasteiger partial charge on any atom is -0.324 e. The van der Waals surface area contributed by atoms with E-state index in [0.717, 1.165) is 0 Å². The third kappa shape index (κ3) is 3.67. The summed E-state index contributed by atoms with van der Waals surface area (Å²) in [6.07, 6.45) is 3.45. The monoisotopic (exact) mass is 141 g/mol. The molecule has 0 aromatic heterocycles. The third-order valence-corrected chi connectivity index (χ3v) is 1.91. The van der Waals surface area contributed by atoms with E-state index in [0.29, 0.717) is 5.92 Å². The van der Waals surface area contributed by atoms with Gasteiger partial charge in [-0.05, 0) is 19.8 Å². The minimum atomic E-state index is 0.217. The van der Waals surface area contributed by atoms with Crippen LogP contribution in [-0.4, -0.2) is 6.04 Å². The van der Waals surface area contributed by atoms with Gasteiger partial charge in [0.25, 0.3) is 0 Å². The molecule has 1 heteroatoms. The molecule has 0 spiro atoms. The quantitative estimate of drug-likeness (QED) is 0.600. The number of hydrogen-bond acceptors (Lipinski definition) is 1. The fourth-order valence-electron chi connectivity index (χ4n) is 0.718. The van der Waals surface area contributed by atoms with E-state index in [-0.39, 0.29) is 6.04 Å². The maximum atomic E-state index is 5.67. The third-order valence-electron chi connectivity index (χ3n) is 1.91. The van der Waals surface area contributed by atoms with Crippen LogP contribution >= 0.6 is 0 Å². The molecule has 2 unspecified atom stereocenters. The van der Waals surface area contributed by atoms with Gasteiger partial charge in [-0.2, -0.15) is 0 Å². The molecule has 2 N–H and O–H groups in total. The zero-order valence-corrected chi connectivity index (χ0v) is 7.52. The number of rotatable bonds is 3. The van der Waals surface area contributed by atoms with Crippen molar-refractivity contribution in [2.45, 2.75) is 40.2 Å². The Morgan fingerprint density at radius 2 is 2.00 bits per heavy atom. The molecule has 10 heavy (non-hydrogen) atoms. The maximum Gasteiger partial charge on any atom is 0.0222 e. The van der Waals surface area contributed by atoms with E-state index < -0.39 is 0 Å². The molecule has 0 aliphatic carbocycles. The summed E-state index contributed by atoms with van der Waals surface area (Å²) in [5, 5.41) is 0. The van der Waals surface area contributed by atoms with Gasteiger partial charge in [-0.15, -0.1) is 0 Å². The lowest BCUT2D eigenvalue weighted by molar-refractivity contribution is 0.682. The van der Waals surface area contributed by atoms with Crippen molar-refractivity contribution in [1.82, 2.24) is 0 Å². The summed E-state index contributed by atoms with van der Waals surface area (Å²) in [4.78, 5) is 0. The van der Waals surface area contributed by atoms with Crippen molar-refractivity contribution < 1.29 is 0 Å². The average Bonchev–Trinajstić information content (AvgIpc) is 1.87. The van der Waals surface area contributed by atoms with Gasteiger partial charge in [0.1, 0.15) is 0 Å². The van der Waals surface area contributed by atoms with Crippen LogP contribution in [0.25, 0.3) is 0 Å². The zero-order valence-electron chi connectivity index (χ0n) is 7.52. The standard InChI is InChI=1S/C9H19N/c1-5-7(2)6-8(3)9(4)10/h6-7,9H,5,10H2,1-4H3/b8-6-. The summed E-state index contributed by atoms with van der Waals surface area (Å²) in [7, 11) is 0. The van der Waals surface area contributed by atoms with E-state index in [1.54, 1.807) is 0 Å². The van der Waals surface area contributed by atoms with Crippen LogP contribution in [0.5, 0.6) is 0 Å². The van der Waals surface area contributed by atoms with Crippen molar-refractivity contribution in [3.63, 3.8) is 0 Å². The van der Waals surface area contributed by atoms with E-state index in [4.69, 9.17) is 5.73 Å². The van der Waals surface area contributed by atoms with Gasteiger partial charge in [-0.1, -0.05) is 31.9 Å². The average molecular weight is 141 g/mol. The minimum absolute atomic E-state index is 0.217. The first-order chi connectivity index (χ1) is 4.57. The van der Waals surface area contributed by atoms with Crippen LogP contribution in [0.1, 0.15) is 34.1 Å². The molecule has 0 aromatic carbocycles. The Kier molecular flexibility index (Phi) is 4.37. The van der Waals surface area contributed by atoms with Gasteiger partial charge in [0.05, 0.1) is 0 Å². The molecule has 0 radical (unpaired) electrons. The topological polar surface area (TPSA) is 26.0 Å². The van der Waals surface area contributed by atoms with Gasteiger partial charge in [0, 0.05) is 6.04 Å². The van der Waals surface area contributed by atoms with E-state index in [1.807, 2.05) is 6.92 Å². The Bertz CT molecular complexity index is 114. The lowest BCUT2D eigenvalue weighted by Gasteiger charge is -2.08. The molecule has 0 aromatic rings. The van der Waals surface area contributed by atoms with Crippen molar-refractivity contribution in [1.29, 1.82) is 0 Å². The molecule has 60 valence electrons. The summed E-state index contributed by atoms with van der Waals surface area (Å²) >= 11 is 0. The molecule has 0 fully saturated rings. The Hall–Kier alpha value is -0.300. The van der Waals surface area contributed by atoms with Gasteiger partial charge in [0.15, 0.2) is 0 Å². The molecule has 0 saturated carbocycles. The Morgan fingerprint density at radius 3 is 2.30 bits per heavy atom. The van der Waals surface area contributed by atoms with Crippen molar-refractivity contribution in [3.05, 3.63) is 11.6 Å². The van der Waals surface area contributed by atoms with Gasteiger partial charge < -0.3 is 5.73 Å². The van der Waals surface area contributed by atoms with Crippen LogP contribution in [0.2, 0.25) is 0 Å². The highest BCUT2D eigenvalue weighted by Gasteiger charge is 1.98. The van der Waals surface area contributed by atoms with Gasteiger partial charge in [-0.25, -0.2) is 0 Å². The molecule has 0 bridgehead atoms. The van der Waals surface area contributed by atoms with Crippen molar-refractivity contribution in [2.75, 3.05) is 0 Å². The van der Waals surface area contributed by atoms with Crippen molar-refractivity contribution in [3.8, 4) is 0 Å². The van der Waals surface area contributed by atoms with E-state index in [2.05, 4.69) is 26.8 Å². The van der Waals surface area contributed by atoms with Crippen LogP contribution in [0.15, 0.2) is 11.6 Å². The van der Waals surface area contributed by atoms with Crippen molar-refractivity contribution >= 4 is 0 Å². The van der Waals surface area contributed by atoms with Crippen LogP contribution in [-0.2, 0) is 0 Å². The van der Waals surface area contributed by atoms with Crippen molar-refractivity contribution in [2.24, 2.45) is 11.7 Å². The normalized spacial score (nSPS) is 18.7. The van der Waals surface area contributed by atoms with Gasteiger partial charge in [-0.3, -0.25) is 0 Å². The number of allylic oxidation sites excluding steroid dienone is 1. The first-order valence-electron chi connectivity index (χ1n) is 4.01. The van der Waals surface area contributed by atoms with E-state index in [9.17, 15) is 0 Å². The second-order valence-corrected chi connectivity index (χ2v) is 3.08. The predicted octanol–water partition coefficient (Wildman–Crippen LogP) is 2.33. The lowest BCUT2D eigenvalue weighted by Crippen LogP contribution is -2.16. The summed E-state index contributed by atoms with van der Waals surface area (Å²) in [5.41, 5.74) is 6.97. The number of hydrogen-bond donors (Lipinski definition) is 1. The molecule has 0 amide bonds. The van der Waals surface area contributed by atoms with Crippen LogP contribution in [0, 0.1) is 5.92 Å². The molecule has 0 heterocycles. The summed E-state index contributed by atoms with van der Waals surface area (Å²) < 4.78 is 0. The van der Waals surface area contributed by atoms with Crippen LogP contribution in [0.4, 0.5) is 0 Å². The molecular formula is C9H19N. The number of nitrogens with two attached hydrogens (primary N) is 1. The maximum absolute atomic E-state index is 5.67. The molecule has 0 aliphatic rings. The molecule has 0 aliphatic heterocycles. The second kappa shape index (κ2) is 4.51. The first kappa shape index (κ1) is 9.70. The SMILES string of the molecule is CCC(C)/C=C(/C)C(C)N. The highest BCUT2D eigenvalue weighted by molar-refractivity contribution is 5.06. The predicted molar refractivity (Wildman–Crippen MR) is 46.9 cm³/mol. The largest absolute Gasteiger partial charge is 0.324 e. The molecular weight excluding hydrogens is 122 g/mol. The molecule has 1 nitrogen and oxygen atoms in total. The molecule has 2 atom stereocenters. The summed E-state index contributed by atoms with van der Waals surface area (Å²) in [6, 6.07) is 0.217. The van der Waals surface area contributed by atoms with E-state index >= 15 is 0 Å². The zero-order chi connectivity index (χ0) is 8.15. The Morgan fingerprint density at radius 1 is 1.50 bits per heavy atom. The fraction of sp³-hybridized carbons (Fsp3) is 0.778. The van der Waals surface area contributed by atoms with E-state index in [1.165, 1.54) is 12.0 Å². The van der Waals surface area contributed by atoms with Crippen LogP contribution < -0.4 is 5.73 Å². The first-order valence-corrected chi connectivity index (χ1v) is 4.01. The smallest absolute Gasteiger partial charge is 0.0222 e. The summed E-state index contributed by atoms with van der Waals surface area (Å²) in [5.74, 6) is 0.672. The lowest BCUT2D eigenvalue weighted by atomic mass is 10.0.